The predicted molar refractivity (Wildman–Crippen MR) is 104 cm³/mol. The van der Waals surface area contributed by atoms with E-state index in [1.807, 2.05) is 12.3 Å². The Bertz CT molecular complexity index is 636. The number of halogens is 1. The van der Waals surface area contributed by atoms with Crippen molar-refractivity contribution in [3.8, 4) is 0 Å². The van der Waals surface area contributed by atoms with Gasteiger partial charge in [-0.2, -0.15) is 0 Å². The molecule has 0 radical (unpaired) electrons. The number of aryl methyl sites for hydroxylation is 1. The van der Waals surface area contributed by atoms with Crippen molar-refractivity contribution in [1.29, 1.82) is 0 Å². The summed E-state index contributed by atoms with van der Waals surface area (Å²) in [7, 11) is 0. The molecule has 0 bridgehead atoms. The van der Waals surface area contributed by atoms with E-state index >= 15 is 0 Å². The molecule has 2 aromatic heterocycles. The monoisotopic (exact) mass is 383 g/mol. The third kappa shape index (κ3) is 5.21. The molecule has 3 heterocycles. The van der Waals surface area contributed by atoms with Crippen LogP contribution in [-0.4, -0.2) is 29.7 Å². The first-order valence-electron chi connectivity index (χ1n) is 7.90. The molecule has 1 aliphatic heterocycles. The number of carbonyl (C=O) groups excluding carboxylic acids is 1. The lowest BCUT2D eigenvalue weighted by atomic mass is 10.1. The summed E-state index contributed by atoms with van der Waals surface area (Å²) in [6.07, 6.45) is 5.67. The molecular weight excluding hydrogens is 362 g/mol. The lowest BCUT2D eigenvalue weighted by molar-refractivity contribution is -0.120. The molecule has 130 valence electrons. The fourth-order valence-electron chi connectivity index (χ4n) is 2.62. The number of aromatic nitrogens is 1. The van der Waals surface area contributed by atoms with Gasteiger partial charge in [0.25, 0.3) is 0 Å². The van der Waals surface area contributed by atoms with E-state index in [0.29, 0.717) is 0 Å². The zero-order chi connectivity index (χ0) is 15.9. The number of rotatable bonds is 7. The van der Waals surface area contributed by atoms with E-state index in [-0.39, 0.29) is 23.6 Å². The predicted octanol–water partition coefficient (Wildman–Crippen LogP) is 3.19. The van der Waals surface area contributed by atoms with Crippen LogP contribution in [0.4, 0.5) is 0 Å². The summed E-state index contributed by atoms with van der Waals surface area (Å²) in [5.41, 5.74) is 2.40. The molecule has 4 nitrogen and oxygen atoms in total. The number of fused-ring (bicyclic) bond motifs is 1. The number of pyridine rings is 1. The van der Waals surface area contributed by atoms with Crippen LogP contribution in [0, 0.1) is 0 Å². The zero-order valence-electron chi connectivity index (χ0n) is 13.4. The van der Waals surface area contributed by atoms with Crippen LogP contribution in [0.5, 0.6) is 0 Å². The van der Waals surface area contributed by atoms with E-state index in [0.717, 1.165) is 38.2 Å². The molecular formula is C17H22ClN3OS2. The number of nitrogens with zero attached hydrogens (tertiary/aromatic N) is 1. The maximum Gasteiger partial charge on any atom is 0.237 e. The Morgan fingerprint density at radius 3 is 3.08 bits per heavy atom. The van der Waals surface area contributed by atoms with Crippen molar-refractivity contribution >= 4 is 41.4 Å². The highest BCUT2D eigenvalue weighted by molar-refractivity contribution is 8.00. The van der Waals surface area contributed by atoms with Crippen LogP contribution in [0.3, 0.4) is 0 Å². The molecule has 24 heavy (non-hydrogen) atoms. The lowest BCUT2D eigenvalue weighted by Gasteiger charge is -2.21. The summed E-state index contributed by atoms with van der Waals surface area (Å²) in [5.74, 6) is 1.19. The first-order valence-corrected chi connectivity index (χ1v) is 9.82. The molecule has 0 fully saturated rings. The molecule has 1 atom stereocenters. The Hall–Kier alpha value is -1.08. The molecule has 1 amide bonds. The van der Waals surface area contributed by atoms with Crippen molar-refractivity contribution in [3.63, 3.8) is 0 Å². The van der Waals surface area contributed by atoms with E-state index in [1.165, 1.54) is 16.0 Å². The van der Waals surface area contributed by atoms with Crippen molar-refractivity contribution in [2.24, 2.45) is 0 Å². The van der Waals surface area contributed by atoms with Gasteiger partial charge in [0.15, 0.2) is 0 Å². The van der Waals surface area contributed by atoms with Crippen molar-refractivity contribution in [2.75, 3.05) is 18.8 Å². The number of thioether (sulfide) groups is 1. The second kappa shape index (κ2) is 10.0. The SMILES string of the molecule is Cl.O=C(NCCCNCc1cccnc1)C1SCCc2sccc21. The summed E-state index contributed by atoms with van der Waals surface area (Å²) < 4.78 is 0. The Morgan fingerprint density at radius 2 is 2.25 bits per heavy atom. The smallest absolute Gasteiger partial charge is 0.237 e. The van der Waals surface area contributed by atoms with Crippen molar-refractivity contribution in [3.05, 3.63) is 52.0 Å². The largest absolute Gasteiger partial charge is 0.355 e. The second-order valence-corrected chi connectivity index (χ2v) is 7.70. The van der Waals surface area contributed by atoms with Gasteiger partial charge >= 0.3 is 0 Å². The zero-order valence-corrected chi connectivity index (χ0v) is 15.8. The van der Waals surface area contributed by atoms with Crippen LogP contribution in [0.1, 0.15) is 27.7 Å². The van der Waals surface area contributed by atoms with Gasteiger partial charge in [0.1, 0.15) is 5.25 Å². The van der Waals surface area contributed by atoms with E-state index < -0.39 is 0 Å². The van der Waals surface area contributed by atoms with Crippen LogP contribution < -0.4 is 10.6 Å². The Morgan fingerprint density at radius 1 is 1.33 bits per heavy atom. The van der Waals surface area contributed by atoms with Crippen molar-refractivity contribution in [2.45, 2.75) is 24.6 Å². The number of hydrogen-bond acceptors (Lipinski definition) is 5. The number of thiophene rings is 1. The van der Waals surface area contributed by atoms with Gasteiger partial charge in [0, 0.05) is 30.4 Å². The molecule has 0 saturated carbocycles. The maximum atomic E-state index is 12.4. The number of hydrogen-bond donors (Lipinski definition) is 2. The number of nitrogens with one attached hydrogen (secondary N) is 2. The lowest BCUT2D eigenvalue weighted by Crippen LogP contribution is -2.31. The summed E-state index contributed by atoms with van der Waals surface area (Å²) in [6, 6.07) is 6.10. The summed E-state index contributed by atoms with van der Waals surface area (Å²) in [5, 5.41) is 8.52. The van der Waals surface area contributed by atoms with E-state index in [4.69, 9.17) is 0 Å². The average molecular weight is 384 g/mol. The third-order valence-corrected chi connectivity index (χ3v) is 6.03. The molecule has 0 aromatic carbocycles. The quantitative estimate of drug-likeness (QED) is 0.721. The molecule has 1 unspecified atom stereocenters. The van der Waals surface area contributed by atoms with Gasteiger partial charge in [-0.3, -0.25) is 9.78 Å². The minimum absolute atomic E-state index is 0. The van der Waals surface area contributed by atoms with Crippen molar-refractivity contribution in [1.82, 2.24) is 15.6 Å². The molecule has 0 saturated heterocycles. The maximum absolute atomic E-state index is 12.4. The van der Waals surface area contributed by atoms with Gasteiger partial charge in [0.2, 0.25) is 5.91 Å². The fraction of sp³-hybridized carbons (Fsp3) is 0.412. The Balaban J connectivity index is 0.00000208. The first-order chi connectivity index (χ1) is 11.3. The highest BCUT2D eigenvalue weighted by Crippen LogP contribution is 2.39. The molecule has 2 N–H and O–H groups in total. The molecule has 0 aliphatic carbocycles. The number of carbonyl (C=O) groups is 1. The number of amides is 1. The topological polar surface area (TPSA) is 54.0 Å². The van der Waals surface area contributed by atoms with Gasteiger partial charge in [-0.25, -0.2) is 0 Å². The van der Waals surface area contributed by atoms with Gasteiger partial charge in [-0.05, 0) is 53.8 Å². The van der Waals surface area contributed by atoms with E-state index in [9.17, 15) is 4.79 Å². The average Bonchev–Trinajstić information content (AvgIpc) is 3.07. The van der Waals surface area contributed by atoms with E-state index in [2.05, 4.69) is 33.1 Å². The van der Waals surface area contributed by atoms with Gasteiger partial charge in [-0.1, -0.05) is 6.07 Å². The first kappa shape index (κ1) is 19.2. The van der Waals surface area contributed by atoms with Gasteiger partial charge < -0.3 is 10.6 Å². The molecule has 1 aliphatic rings. The van der Waals surface area contributed by atoms with Crippen LogP contribution in [0.2, 0.25) is 0 Å². The van der Waals surface area contributed by atoms with Gasteiger partial charge in [0.05, 0.1) is 0 Å². The molecule has 0 spiro atoms. The Kier molecular flexibility index (Phi) is 8.05. The van der Waals surface area contributed by atoms with Crippen LogP contribution >= 0.6 is 35.5 Å². The highest BCUT2D eigenvalue weighted by Gasteiger charge is 2.27. The molecule has 3 rings (SSSR count). The summed E-state index contributed by atoms with van der Waals surface area (Å²) >= 11 is 3.53. The van der Waals surface area contributed by atoms with E-state index in [1.54, 1.807) is 29.3 Å². The van der Waals surface area contributed by atoms with Crippen LogP contribution in [0.15, 0.2) is 36.0 Å². The van der Waals surface area contributed by atoms with Crippen LogP contribution in [0.25, 0.3) is 0 Å². The Labute approximate surface area is 157 Å². The van der Waals surface area contributed by atoms with Gasteiger partial charge in [-0.15, -0.1) is 35.5 Å². The fourth-order valence-corrected chi connectivity index (χ4v) is 4.93. The van der Waals surface area contributed by atoms with Crippen LogP contribution in [-0.2, 0) is 17.8 Å². The summed E-state index contributed by atoms with van der Waals surface area (Å²) in [4.78, 5) is 17.8. The second-order valence-electron chi connectivity index (χ2n) is 5.48. The minimum Gasteiger partial charge on any atom is -0.355 e. The molecule has 7 heteroatoms. The highest BCUT2D eigenvalue weighted by atomic mass is 35.5. The normalized spacial score (nSPS) is 16.1. The summed E-state index contributed by atoms with van der Waals surface area (Å²) in [6.45, 7) is 2.42. The third-order valence-electron chi connectivity index (χ3n) is 3.80. The molecule has 2 aromatic rings. The standard InChI is InChI=1S/C17H21N3OS2.ClH/c21-17(16-14-4-9-22-15(14)5-10-23-16)20-8-2-7-19-12-13-3-1-6-18-11-13;/h1,3-4,6,9,11,16,19H,2,5,7-8,10,12H2,(H,20,21);1H. The van der Waals surface area contributed by atoms with Crippen molar-refractivity contribution < 1.29 is 4.79 Å². The minimum atomic E-state index is -0.0200.